The summed E-state index contributed by atoms with van der Waals surface area (Å²) >= 11 is 0. The fourth-order valence-electron chi connectivity index (χ4n) is 1.67. The SMILES string of the molecule is CC(Nc1ccc(F)c(C#N)c1)c1cccnc1. The van der Waals surface area contributed by atoms with Gasteiger partial charge in [0.05, 0.1) is 11.6 Å². The number of pyridine rings is 1. The average Bonchev–Trinajstić information content (AvgIpc) is 2.42. The van der Waals surface area contributed by atoms with Crippen molar-refractivity contribution >= 4 is 5.69 Å². The molecule has 18 heavy (non-hydrogen) atoms. The Labute approximate surface area is 105 Å². The van der Waals surface area contributed by atoms with Crippen LogP contribution in [0.25, 0.3) is 0 Å². The highest BCUT2D eigenvalue weighted by Gasteiger charge is 2.07. The van der Waals surface area contributed by atoms with Crippen LogP contribution in [0.1, 0.15) is 24.1 Å². The second kappa shape index (κ2) is 5.28. The highest BCUT2D eigenvalue weighted by Crippen LogP contribution is 2.20. The van der Waals surface area contributed by atoms with Crippen LogP contribution in [0, 0.1) is 17.1 Å². The first-order valence-electron chi connectivity index (χ1n) is 5.57. The van der Waals surface area contributed by atoms with Crippen molar-refractivity contribution < 1.29 is 4.39 Å². The third-order valence-corrected chi connectivity index (χ3v) is 2.65. The van der Waals surface area contributed by atoms with Crippen LogP contribution in [0.4, 0.5) is 10.1 Å². The van der Waals surface area contributed by atoms with E-state index in [-0.39, 0.29) is 11.6 Å². The monoisotopic (exact) mass is 241 g/mol. The van der Waals surface area contributed by atoms with Crippen molar-refractivity contribution in [2.24, 2.45) is 0 Å². The molecule has 1 N–H and O–H groups in total. The third-order valence-electron chi connectivity index (χ3n) is 2.65. The predicted octanol–water partition coefficient (Wildman–Crippen LogP) is 3.27. The lowest BCUT2D eigenvalue weighted by Crippen LogP contribution is -2.07. The van der Waals surface area contributed by atoms with Crippen molar-refractivity contribution in [3.05, 3.63) is 59.7 Å². The fourth-order valence-corrected chi connectivity index (χ4v) is 1.67. The van der Waals surface area contributed by atoms with Gasteiger partial charge < -0.3 is 5.32 Å². The lowest BCUT2D eigenvalue weighted by atomic mass is 10.1. The van der Waals surface area contributed by atoms with Gasteiger partial charge in [-0.3, -0.25) is 4.98 Å². The number of nitrogens with zero attached hydrogens (tertiary/aromatic N) is 2. The topological polar surface area (TPSA) is 48.7 Å². The highest BCUT2D eigenvalue weighted by molar-refractivity contribution is 5.51. The van der Waals surface area contributed by atoms with Crippen molar-refractivity contribution in [1.82, 2.24) is 4.98 Å². The van der Waals surface area contributed by atoms with E-state index in [1.165, 1.54) is 12.1 Å². The van der Waals surface area contributed by atoms with Crippen molar-refractivity contribution in [2.75, 3.05) is 5.32 Å². The van der Waals surface area contributed by atoms with Crippen molar-refractivity contribution in [3.8, 4) is 6.07 Å². The summed E-state index contributed by atoms with van der Waals surface area (Å²) in [4.78, 5) is 4.04. The van der Waals surface area contributed by atoms with E-state index in [1.54, 1.807) is 18.5 Å². The lowest BCUT2D eigenvalue weighted by molar-refractivity contribution is 0.624. The Morgan fingerprint density at radius 3 is 2.89 bits per heavy atom. The summed E-state index contributed by atoms with van der Waals surface area (Å²) in [5.41, 5.74) is 1.78. The second-order valence-corrected chi connectivity index (χ2v) is 3.96. The molecule has 1 unspecified atom stereocenters. The van der Waals surface area contributed by atoms with Gasteiger partial charge >= 0.3 is 0 Å². The zero-order valence-electron chi connectivity index (χ0n) is 9.89. The first-order valence-corrected chi connectivity index (χ1v) is 5.57. The standard InChI is InChI=1S/C14H12FN3/c1-10(11-3-2-6-17-9-11)18-13-4-5-14(15)12(7-13)8-16/h2-7,9-10,18H,1H3. The molecule has 0 aliphatic rings. The molecule has 2 rings (SSSR count). The summed E-state index contributed by atoms with van der Waals surface area (Å²) in [6.45, 7) is 1.98. The fraction of sp³-hybridized carbons (Fsp3) is 0.143. The van der Waals surface area contributed by atoms with E-state index in [0.29, 0.717) is 5.69 Å². The summed E-state index contributed by atoms with van der Waals surface area (Å²) in [5.74, 6) is -0.503. The normalized spacial score (nSPS) is 11.6. The Kier molecular flexibility index (Phi) is 3.54. The molecule has 0 spiro atoms. The van der Waals surface area contributed by atoms with Crippen LogP contribution in [-0.4, -0.2) is 4.98 Å². The zero-order valence-corrected chi connectivity index (χ0v) is 9.89. The van der Waals surface area contributed by atoms with E-state index >= 15 is 0 Å². The molecule has 0 aliphatic carbocycles. The summed E-state index contributed by atoms with van der Waals surface area (Å²) in [7, 11) is 0. The van der Waals surface area contributed by atoms with Crippen LogP contribution < -0.4 is 5.32 Å². The van der Waals surface area contributed by atoms with Crippen molar-refractivity contribution in [1.29, 1.82) is 5.26 Å². The summed E-state index contributed by atoms with van der Waals surface area (Å²) in [5, 5.41) is 12.0. The molecule has 1 aromatic heterocycles. The van der Waals surface area contributed by atoms with E-state index in [2.05, 4.69) is 10.3 Å². The van der Waals surface area contributed by atoms with E-state index in [0.717, 1.165) is 5.56 Å². The van der Waals surface area contributed by atoms with Gasteiger partial charge in [0.1, 0.15) is 11.9 Å². The number of hydrogen-bond acceptors (Lipinski definition) is 3. The number of aromatic nitrogens is 1. The molecular weight excluding hydrogens is 229 g/mol. The number of rotatable bonds is 3. The van der Waals surface area contributed by atoms with E-state index in [4.69, 9.17) is 5.26 Å². The maximum Gasteiger partial charge on any atom is 0.141 e. The number of nitriles is 1. The largest absolute Gasteiger partial charge is 0.378 e. The molecule has 90 valence electrons. The Bertz CT molecular complexity index is 575. The van der Waals surface area contributed by atoms with Crippen LogP contribution >= 0.6 is 0 Å². The van der Waals surface area contributed by atoms with E-state index in [9.17, 15) is 4.39 Å². The number of benzene rings is 1. The number of nitrogens with one attached hydrogen (secondary N) is 1. The minimum atomic E-state index is -0.503. The predicted molar refractivity (Wildman–Crippen MR) is 67.4 cm³/mol. The summed E-state index contributed by atoms with van der Waals surface area (Å²) < 4.78 is 13.2. The van der Waals surface area contributed by atoms with Gasteiger partial charge in [0.15, 0.2) is 0 Å². The van der Waals surface area contributed by atoms with Crippen LogP contribution in [0.3, 0.4) is 0 Å². The highest BCUT2D eigenvalue weighted by atomic mass is 19.1. The van der Waals surface area contributed by atoms with Crippen LogP contribution in [0.15, 0.2) is 42.7 Å². The Balaban J connectivity index is 2.18. The van der Waals surface area contributed by atoms with Gasteiger partial charge in [-0.05, 0) is 36.8 Å². The molecule has 0 fully saturated rings. The van der Waals surface area contributed by atoms with Crippen LogP contribution in [0.2, 0.25) is 0 Å². The number of anilines is 1. The van der Waals surface area contributed by atoms with Crippen LogP contribution in [-0.2, 0) is 0 Å². The third kappa shape index (κ3) is 2.64. The van der Waals surface area contributed by atoms with Crippen LogP contribution in [0.5, 0.6) is 0 Å². The molecule has 0 saturated carbocycles. The van der Waals surface area contributed by atoms with Gasteiger partial charge in [-0.15, -0.1) is 0 Å². The molecule has 1 heterocycles. The Morgan fingerprint density at radius 1 is 1.39 bits per heavy atom. The summed E-state index contributed by atoms with van der Waals surface area (Å²) in [6, 6.07) is 10.1. The maximum absolute atomic E-state index is 13.2. The number of halogens is 1. The number of hydrogen-bond donors (Lipinski definition) is 1. The van der Waals surface area contributed by atoms with Gasteiger partial charge in [-0.1, -0.05) is 6.07 Å². The quantitative estimate of drug-likeness (QED) is 0.897. The van der Waals surface area contributed by atoms with E-state index < -0.39 is 5.82 Å². The van der Waals surface area contributed by atoms with Crippen molar-refractivity contribution in [2.45, 2.75) is 13.0 Å². The van der Waals surface area contributed by atoms with Gasteiger partial charge in [-0.25, -0.2) is 4.39 Å². The molecule has 2 aromatic rings. The Morgan fingerprint density at radius 2 is 2.22 bits per heavy atom. The molecule has 3 nitrogen and oxygen atoms in total. The Hall–Kier alpha value is -2.41. The first-order chi connectivity index (χ1) is 8.70. The molecule has 0 amide bonds. The van der Waals surface area contributed by atoms with Gasteiger partial charge in [0.2, 0.25) is 0 Å². The first kappa shape index (κ1) is 12.1. The zero-order chi connectivity index (χ0) is 13.0. The molecule has 4 heteroatoms. The van der Waals surface area contributed by atoms with E-state index in [1.807, 2.05) is 25.1 Å². The molecule has 1 atom stereocenters. The van der Waals surface area contributed by atoms with Crippen molar-refractivity contribution in [3.63, 3.8) is 0 Å². The van der Waals surface area contributed by atoms with Gasteiger partial charge in [0.25, 0.3) is 0 Å². The molecule has 0 radical (unpaired) electrons. The molecule has 0 saturated heterocycles. The smallest absolute Gasteiger partial charge is 0.141 e. The average molecular weight is 241 g/mol. The molecular formula is C14H12FN3. The van der Waals surface area contributed by atoms with Gasteiger partial charge in [-0.2, -0.15) is 5.26 Å². The second-order valence-electron chi connectivity index (χ2n) is 3.96. The lowest BCUT2D eigenvalue weighted by Gasteiger charge is -2.15. The summed E-state index contributed by atoms with van der Waals surface area (Å²) in [6.07, 6.45) is 3.48. The molecule has 0 bridgehead atoms. The molecule has 0 aliphatic heterocycles. The minimum Gasteiger partial charge on any atom is -0.378 e. The minimum absolute atomic E-state index is 0.0377. The van der Waals surface area contributed by atoms with Gasteiger partial charge in [0, 0.05) is 18.1 Å². The maximum atomic E-state index is 13.2. The molecule has 1 aromatic carbocycles.